The summed E-state index contributed by atoms with van der Waals surface area (Å²) in [7, 11) is 0. The Hall–Kier alpha value is -2.25. The van der Waals surface area contributed by atoms with Gasteiger partial charge in [0.2, 0.25) is 0 Å². The van der Waals surface area contributed by atoms with Gasteiger partial charge in [-0.2, -0.15) is 0 Å². The summed E-state index contributed by atoms with van der Waals surface area (Å²) >= 11 is 1.55. The molecule has 0 bridgehead atoms. The lowest BCUT2D eigenvalue weighted by Crippen LogP contribution is -2.26. The number of nitrogens with one attached hydrogen (secondary N) is 1. The summed E-state index contributed by atoms with van der Waals surface area (Å²) in [6.45, 7) is 3.41. The van der Waals surface area contributed by atoms with Crippen LogP contribution in [0.15, 0.2) is 29.8 Å². The Morgan fingerprint density at radius 3 is 2.87 bits per heavy atom. The van der Waals surface area contributed by atoms with Crippen LogP contribution in [0, 0.1) is 0 Å². The van der Waals surface area contributed by atoms with E-state index < -0.39 is 0 Å². The molecule has 0 radical (unpaired) electrons. The van der Waals surface area contributed by atoms with Gasteiger partial charge in [-0.3, -0.25) is 0 Å². The summed E-state index contributed by atoms with van der Waals surface area (Å²) in [5.41, 5.74) is 4.93. The van der Waals surface area contributed by atoms with Crippen LogP contribution in [0.2, 0.25) is 0 Å². The summed E-state index contributed by atoms with van der Waals surface area (Å²) in [4.78, 5) is 17.7. The van der Waals surface area contributed by atoms with Crippen molar-refractivity contribution in [3.8, 4) is 0 Å². The van der Waals surface area contributed by atoms with Gasteiger partial charge in [-0.25, -0.2) is 15.0 Å². The summed E-state index contributed by atoms with van der Waals surface area (Å²) in [5, 5.41) is 13.9. The van der Waals surface area contributed by atoms with Gasteiger partial charge in [0.1, 0.15) is 16.2 Å². The molecule has 1 saturated heterocycles. The molecule has 2 aromatic heterocycles. The number of fused-ring (bicyclic) bond motifs is 1. The number of aliphatic hydroxyl groups is 1. The number of hydrogen-bond acceptors (Lipinski definition) is 7. The fraction of sp³-hybridized carbons (Fsp3) is 0.542. The lowest BCUT2D eigenvalue weighted by Gasteiger charge is -2.24. The van der Waals surface area contributed by atoms with Gasteiger partial charge in [0, 0.05) is 29.9 Å². The van der Waals surface area contributed by atoms with Gasteiger partial charge >= 0.3 is 0 Å². The van der Waals surface area contributed by atoms with Crippen molar-refractivity contribution < 1.29 is 5.11 Å². The maximum absolute atomic E-state index is 10.4. The number of rotatable bonds is 4. The summed E-state index contributed by atoms with van der Waals surface area (Å²) in [5.74, 6) is 1.80. The summed E-state index contributed by atoms with van der Waals surface area (Å²) in [6.07, 6.45) is 8.34. The van der Waals surface area contributed by atoms with E-state index in [9.17, 15) is 5.11 Å². The fourth-order valence-electron chi connectivity index (χ4n) is 5.01. The topological polar surface area (TPSA) is 74.2 Å². The van der Waals surface area contributed by atoms with Crippen molar-refractivity contribution in [2.45, 2.75) is 76.4 Å². The highest BCUT2D eigenvalue weighted by atomic mass is 32.1. The highest BCUT2D eigenvalue weighted by Crippen LogP contribution is 2.34. The molecule has 6 nitrogen and oxygen atoms in total. The second kappa shape index (κ2) is 9.09. The van der Waals surface area contributed by atoms with Gasteiger partial charge in [-0.15, -0.1) is 11.3 Å². The molecule has 0 spiro atoms. The standard InChI is InChI=1S/C24H31N5OS/c1-16-7-6-12-29(16)19-10-5-9-18(14-19)26-23-21-24(31-15-25-21)28-22(27-23)17-8-3-2-4-11-20(30)13-17/h5,9-10,14-17,20,30H,2-4,6-8,11-13H2,1H3,(H,26,27,28). The second-order valence-corrected chi connectivity index (χ2v) is 9.85. The van der Waals surface area contributed by atoms with Gasteiger partial charge < -0.3 is 15.3 Å². The van der Waals surface area contributed by atoms with E-state index in [4.69, 9.17) is 9.97 Å². The molecule has 1 aliphatic heterocycles. The molecular weight excluding hydrogens is 406 g/mol. The Labute approximate surface area is 187 Å². The normalized spacial score (nSPS) is 24.8. The minimum atomic E-state index is -0.262. The largest absolute Gasteiger partial charge is 0.393 e. The fourth-order valence-corrected chi connectivity index (χ4v) is 5.68. The molecule has 2 N–H and O–H groups in total. The first-order chi connectivity index (χ1) is 15.2. The third-order valence-corrected chi connectivity index (χ3v) is 7.44. The second-order valence-electron chi connectivity index (χ2n) is 9.02. The lowest BCUT2D eigenvalue weighted by molar-refractivity contribution is 0.132. The highest BCUT2D eigenvalue weighted by Gasteiger charge is 2.24. The van der Waals surface area contributed by atoms with Gasteiger partial charge in [-0.05, 0) is 57.2 Å². The van der Waals surface area contributed by atoms with Crippen LogP contribution in [0.3, 0.4) is 0 Å². The maximum Gasteiger partial charge on any atom is 0.161 e. The first-order valence-corrected chi connectivity index (χ1v) is 12.5. The van der Waals surface area contributed by atoms with Crippen LogP contribution in [0.5, 0.6) is 0 Å². The number of nitrogens with zero attached hydrogens (tertiary/aromatic N) is 4. The molecule has 3 unspecified atom stereocenters. The summed E-state index contributed by atoms with van der Waals surface area (Å²) < 4.78 is 0. The number of aromatic nitrogens is 3. The van der Waals surface area contributed by atoms with Gasteiger partial charge in [0.15, 0.2) is 5.82 Å². The predicted octanol–water partition coefficient (Wildman–Crippen LogP) is 5.62. The molecule has 1 aliphatic carbocycles. The zero-order valence-corrected chi connectivity index (χ0v) is 18.9. The molecule has 3 atom stereocenters. The number of benzene rings is 1. The molecule has 7 heteroatoms. The quantitative estimate of drug-likeness (QED) is 0.552. The number of aliphatic hydroxyl groups excluding tert-OH is 1. The highest BCUT2D eigenvalue weighted by molar-refractivity contribution is 7.16. The third kappa shape index (κ3) is 4.53. The molecule has 3 aromatic rings. The maximum atomic E-state index is 10.4. The van der Waals surface area contributed by atoms with Crippen molar-refractivity contribution in [1.29, 1.82) is 0 Å². The Balaban J connectivity index is 1.45. The van der Waals surface area contributed by atoms with E-state index in [1.807, 2.05) is 5.51 Å². The van der Waals surface area contributed by atoms with E-state index in [1.165, 1.54) is 31.4 Å². The van der Waals surface area contributed by atoms with E-state index in [-0.39, 0.29) is 12.0 Å². The summed E-state index contributed by atoms with van der Waals surface area (Å²) in [6, 6.07) is 9.17. The number of hydrogen-bond donors (Lipinski definition) is 2. The van der Waals surface area contributed by atoms with E-state index >= 15 is 0 Å². The Bertz CT molecular complexity index is 1040. The number of anilines is 3. The average molecular weight is 438 g/mol. The molecule has 2 aliphatic rings. The van der Waals surface area contributed by atoms with Crippen molar-refractivity contribution in [2.75, 3.05) is 16.8 Å². The SMILES string of the molecule is CC1CCCN1c1cccc(Nc2nc(C3CCCCCC(O)C3)nc3scnc23)c1. The average Bonchev–Trinajstić information content (AvgIpc) is 3.39. The minimum absolute atomic E-state index is 0.194. The predicted molar refractivity (Wildman–Crippen MR) is 127 cm³/mol. The van der Waals surface area contributed by atoms with E-state index in [1.54, 1.807) is 11.3 Å². The zero-order valence-electron chi connectivity index (χ0n) is 18.1. The number of thiazole rings is 1. The first kappa shape index (κ1) is 20.6. The Morgan fingerprint density at radius 2 is 2.00 bits per heavy atom. The van der Waals surface area contributed by atoms with Crippen LogP contribution in [0.4, 0.5) is 17.2 Å². The van der Waals surface area contributed by atoms with Gasteiger partial charge in [0.05, 0.1) is 11.6 Å². The van der Waals surface area contributed by atoms with Crippen LogP contribution in [0.25, 0.3) is 10.3 Å². The minimum Gasteiger partial charge on any atom is -0.393 e. The van der Waals surface area contributed by atoms with Gasteiger partial charge in [-0.1, -0.05) is 25.3 Å². The molecule has 2 fully saturated rings. The zero-order chi connectivity index (χ0) is 21.2. The van der Waals surface area contributed by atoms with Crippen molar-refractivity contribution in [3.05, 3.63) is 35.6 Å². The van der Waals surface area contributed by atoms with Gasteiger partial charge in [0.25, 0.3) is 0 Å². The van der Waals surface area contributed by atoms with E-state index in [0.29, 0.717) is 6.04 Å². The molecule has 1 aromatic carbocycles. The van der Waals surface area contributed by atoms with Crippen LogP contribution < -0.4 is 10.2 Å². The van der Waals surface area contributed by atoms with Crippen molar-refractivity contribution >= 4 is 38.9 Å². The molecular formula is C24H31N5OS. The van der Waals surface area contributed by atoms with Crippen LogP contribution in [0.1, 0.15) is 70.0 Å². The molecule has 3 heterocycles. The van der Waals surface area contributed by atoms with Crippen LogP contribution in [-0.2, 0) is 0 Å². The third-order valence-electron chi connectivity index (χ3n) is 6.72. The molecule has 5 rings (SSSR count). The van der Waals surface area contributed by atoms with E-state index in [2.05, 4.69) is 46.4 Å². The monoisotopic (exact) mass is 437 g/mol. The molecule has 0 amide bonds. The molecule has 31 heavy (non-hydrogen) atoms. The van der Waals surface area contributed by atoms with Crippen molar-refractivity contribution in [2.24, 2.45) is 0 Å². The van der Waals surface area contributed by atoms with Crippen molar-refractivity contribution in [1.82, 2.24) is 15.0 Å². The molecule has 1 saturated carbocycles. The van der Waals surface area contributed by atoms with E-state index in [0.717, 1.165) is 59.9 Å². The first-order valence-electron chi connectivity index (χ1n) is 11.6. The van der Waals surface area contributed by atoms with Crippen LogP contribution in [-0.4, -0.2) is 38.7 Å². The lowest BCUT2D eigenvalue weighted by atomic mass is 9.89. The van der Waals surface area contributed by atoms with Crippen LogP contribution >= 0.6 is 11.3 Å². The molecule has 164 valence electrons. The Kier molecular flexibility index (Phi) is 6.05. The smallest absolute Gasteiger partial charge is 0.161 e. The Morgan fingerprint density at radius 1 is 1.10 bits per heavy atom. The van der Waals surface area contributed by atoms with Crippen molar-refractivity contribution in [3.63, 3.8) is 0 Å².